The third-order valence-electron chi connectivity index (χ3n) is 4.69. The molecule has 1 saturated heterocycles. The molecule has 0 unspecified atom stereocenters. The number of nitriles is 1. The maximum Gasteiger partial charge on any atom is 0.317 e. The summed E-state index contributed by atoms with van der Waals surface area (Å²) in [6, 6.07) is 6.80. The van der Waals surface area contributed by atoms with E-state index in [0.29, 0.717) is 37.8 Å². The monoisotopic (exact) mass is 316 g/mol. The number of carbonyl (C=O) groups is 1. The lowest BCUT2D eigenvalue weighted by Crippen LogP contribution is -2.53. The molecule has 0 bridgehead atoms. The lowest BCUT2D eigenvalue weighted by Gasteiger charge is -2.36. The van der Waals surface area contributed by atoms with Gasteiger partial charge < -0.3 is 15.1 Å². The quantitative estimate of drug-likeness (QED) is 0.931. The number of nitrogens with zero attached hydrogens (tertiary/aromatic N) is 3. The molecule has 1 heterocycles. The van der Waals surface area contributed by atoms with Crippen molar-refractivity contribution >= 4 is 11.7 Å². The van der Waals surface area contributed by atoms with Crippen molar-refractivity contribution in [3.63, 3.8) is 0 Å². The topological polar surface area (TPSA) is 59.4 Å². The Bertz CT molecular complexity index is 630. The molecular weight excluding hydrogens is 295 g/mol. The van der Waals surface area contributed by atoms with Gasteiger partial charge in [-0.05, 0) is 37.8 Å². The summed E-state index contributed by atoms with van der Waals surface area (Å²) in [4.78, 5) is 16.0. The number of amides is 2. The third-order valence-corrected chi connectivity index (χ3v) is 4.69. The zero-order valence-corrected chi connectivity index (χ0v) is 13.3. The number of benzene rings is 1. The van der Waals surface area contributed by atoms with Crippen molar-refractivity contribution in [2.24, 2.45) is 5.92 Å². The smallest absolute Gasteiger partial charge is 0.317 e. The summed E-state index contributed by atoms with van der Waals surface area (Å²) in [5.41, 5.74) is 0.687. The lowest BCUT2D eigenvalue weighted by atomic mass is 10.1. The first kappa shape index (κ1) is 15.6. The fourth-order valence-electron chi connectivity index (χ4n) is 3.04. The molecule has 1 aliphatic carbocycles. The van der Waals surface area contributed by atoms with Crippen molar-refractivity contribution < 1.29 is 9.18 Å². The zero-order chi connectivity index (χ0) is 16.4. The van der Waals surface area contributed by atoms with Crippen LogP contribution in [0.1, 0.15) is 25.3 Å². The van der Waals surface area contributed by atoms with Gasteiger partial charge in [0, 0.05) is 32.2 Å². The average molecular weight is 316 g/mol. The molecule has 1 aliphatic heterocycles. The minimum Gasteiger partial charge on any atom is -0.367 e. The number of rotatable bonds is 3. The Morgan fingerprint density at radius 1 is 1.35 bits per heavy atom. The fraction of sp³-hybridized carbons (Fsp3) is 0.529. The average Bonchev–Trinajstić information content (AvgIpc) is 3.39. The van der Waals surface area contributed by atoms with Gasteiger partial charge in [0.2, 0.25) is 0 Å². The molecule has 5 nitrogen and oxygen atoms in total. The maximum absolute atomic E-state index is 13.7. The Labute approximate surface area is 135 Å². The van der Waals surface area contributed by atoms with E-state index < -0.39 is 5.82 Å². The van der Waals surface area contributed by atoms with E-state index in [-0.39, 0.29) is 17.6 Å². The van der Waals surface area contributed by atoms with E-state index in [0.717, 1.165) is 0 Å². The SMILES string of the molecule is C[C@@H](NC(=O)N1CCN(c2cccc(F)c2C#N)CC1)C1CC1. The molecule has 2 amide bonds. The Morgan fingerprint density at radius 3 is 2.65 bits per heavy atom. The number of anilines is 1. The van der Waals surface area contributed by atoms with Crippen LogP contribution in [0, 0.1) is 23.1 Å². The number of urea groups is 1. The lowest BCUT2D eigenvalue weighted by molar-refractivity contribution is 0.189. The van der Waals surface area contributed by atoms with Gasteiger partial charge in [0.25, 0.3) is 0 Å². The molecule has 1 saturated carbocycles. The Hall–Kier alpha value is -2.29. The number of carbonyl (C=O) groups excluding carboxylic acids is 1. The number of nitrogens with one attached hydrogen (secondary N) is 1. The van der Waals surface area contributed by atoms with Crippen molar-refractivity contribution in [2.45, 2.75) is 25.8 Å². The number of piperazine rings is 1. The van der Waals surface area contributed by atoms with Crippen LogP contribution in [-0.2, 0) is 0 Å². The van der Waals surface area contributed by atoms with E-state index in [9.17, 15) is 9.18 Å². The molecule has 23 heavy (non-hydrogen) atoms. The van der Waals surface area contributed by atoms with Crippen molar-refractivity contribution in [2.75, 3.05) is 31.1 Å². The van der Waals surface area contributed by atoms with Gasteiger partial charge in [-0.3, -0.25) is 0 Å². The highest BCUT2D eigenvalue weighted by molar-refractivity contribution is 5.75. The molecular formula is C17H21FN4O. The van der Waals surface area contributed by atoms with Crippen molar-refractivity contribution in [3.8, 4) is 6.07 Å². The van der Waals surface area contributed by atoms with E-state index in [4.69, 9.17) is 5.26 Å². The van der Waals surface area contributed by atoms with Crippen LogP contribution in [0.3, 0.4) is 0 Å². The van der Waals surface area contributed by atoms with Gasteiger partial charge in [0.15, 0.2) is 0 Å². The Morgan fingerprint density at radius 2 is 2.04 bits per heavy atom. The second-order valence-corrected chi connectivity index (χ2v) is 6.30. The third kappa shape index (κ3) is 3.39. The molecule has 6 heteroatoms. The molecule has 0 spiro atoms. The van der Waals surface area contributed by atoms with E-state index in [1.807, 2.05) is 11.0 Å². The first-order valence-electron chi connectivity index (χ1n) is 8.09. The van der Waals surface area contributed by atoms with Crippen LogP contribution in [0.5, 0.6) is 0 Å². The van der Waals surface area contributed by atoms with E-state index in [1.54, 1.807) is 17.0 Å². The van der Waals surface area contributed by atoms with E-state index in [1.165, 1.54) is 18.9 Å². The van der Waals surface area contributed by atoms with Crippen LogP contribution in [-0.4, -0.2) is 43.2 Å². The van der Waals surface area contributed by atoms with E-state index in [2.05, 4.69) is 12.2 Å². The maximum atomic E-state index is 13.7. The fourth-order valence-corrected chi connectivity index (χ4v) is 3.04. The molecule has 2 aliphatic rings. The summed E-state index contributed by atoms with van der Waals surface area (Å²) in [7, 11) is 0. The van der Waals surface area contributed by atoms with Gasteiger partial charge in [-0.25, -0.2) is 9.18 Å². The van der Waals surface area contributed by atoms with Crippen molar-refractivity contribution in [1.29, 1.82) is 5.26 Å². The normalized spacial score (nSPS) is 19.2. The Kier molecular flexibility index (Phi) is 4.37. The highest BCUT2D eigenvalue weighted by Gasteiger charge is 2.31. The Balaban J connectivity index is 1.59. The second kappa shape index (κ2) is 6.45. The largest absolute Gasteiger partial charge is 0.367 e. The van der Waals surface area contributed by atoms with Gasteiger partial charge in [0.05, 0.1) is 5.69 Å². The van der Waals surface area contributed by atoms with E-state index >= 15 is 0 Å². The summed E-state index contributed by atoms with van der Waals surface area (Å²) in [6.45, 7) is 4.40. The van der Waals surface area contributed by atoms with Crippen LogP contribution >= 0.6 is 0 Å². The van der Waals surface area contributed by atoms with Crippen LogP contribution in [0.2, 0.25) is 0 Å². The van der Waals surface area contributed by atoms with Crippen LogP contribution in [0.4, 0.5) is 14.9 Å². The summed E-state index contributed by atoms with van der Waals surface area (Å²) in [5.74, 6) is 0.133. The van der Waals surface area contributed by atoms with Gasteiger partial charge >= 0.3 is 6.03 Å². The summed E-state index contributed by atoms with van der Waals surface area (Å²) >= 11 is 0. The van der Waals surface area contributed by atoms with Crippen LogP contribution in [0.15, 0.2) is 18.2 Å². The van der Waals surface area contributed by atoms with Crippen molar-refractivity contribution in [1.82, 2.24) is 10.2 Å². The highest BCUT2D eigenvalue weighted by atomic mass is 19.1. The molecule has 0 radical (unpaired) electrons. The number of hydrogen-bond donors (Lipinski definition) is 1. The standard InChI is InChI=1S/C17H21FN4O/c1-12(13-5-6-13)20-17(23)22-9-7-21(8-10-22)16-4-2-3-15(18)14(16)11-19/h2-4,12-13H,5-10H2,1H3,(H,20,23)/t12-/m1/s1. The molecule has 122 valence electrons. The van der Waals surface area contributed by atoms with Gasteiger partial charge in [-0.1, -0.05) is 6.07 Å². The summed E-state index contributed by atoms with van der Waals surface area (Å²) in [6.07, 6.45) is 2.40. The summed E-state index contributed by atoms with van der Waals surface area (Å²) in [5, 5.41) is 12.2. The van der Waals surface area contributed by atoms with Gasteiger partial charge in [-0.15, -0.1) is 0 Å². The molecule has 1 aromatic carbocycles. The van der Waals surface area contributed by atoms with Crippen LogP contribution in [0.25, 0.3) is 0 Å². The predicted octanol–water partition coefficient (Wildman–Crippen LogP) is 2.33. The van der Waals surface area contributed by atoms with Crippen LogP contribution < -0.4 is 10.2 Å². The molecule has 0 aromatic heterocycles. The minimum absolute atomic E-state index is 0.0243. The minimum atomic E-state index is -0.497. The molecule has 3 rings (SSSR count). The number of halogens is 1. The molecule has 1 N–H and O–H groups in total. The second-order valence-electron chi connectivity index (χ2n) is 6.30. The molecule has 1 atom stereocenters. The van der Waals surface area contributed by atoms with Gasteiger partial charge in [-0.2, -0.15) is 5.26 Å². The number of hydrogen-bond acceptors (Lipinski definition) is 3. The van der Waals surface area contributed by atoms with Gasteiger partial charge in [0.1, 0.15) is 17.4 Å². The zero-order valence-electron chi connectivity index (χ0n) is 13.3. The predicted molar refractivity (Wildman–Crippen MR) is 85.6 cm³/mol. The molecule has 1 aromatic rings. The first-order chi connectivity index (χ1) is 11.1. The highest BCUT2D eigenvalue weighted by Crippen LogP contribution is 2.32. The first-order valence-corrected chi connectivity index (χ1v) is 8.09. The molecule has 2 fully saturated rings. The summed E-state index contributed by atoms with van der Waals surface area (Å²) < 4.78 is 13.7. The van der Waals surface area contributed by atoms with Crippen molar-refractivity contribution in [3.05, 3.63) is 29.6 Å².